The maximum absolute atomic E-state index is 9.84. The second-order valence-corrected chi connectivity index (χ2v) is 1.53. The van der Waals surface area contributed by atoms with E-state index in [2.05, 4.69) is 4.74 Å². The smallest absolute Gasteiger partial charge is 0.303 e. The number of aliphatic carboxylic acids is 1. The summed E-state index contributed by atoms with van der Waals surface area (Å²) in [7, 11) is 0. The minimum atomic E-state index is -0.837. The van der Waals surface area contributed by atoms with E-state index < -0.39 is 5.97 Å². The van der Waals surface area contributed by atoms with Crippen LogP contribution in [0.25, 0.3) is 0 Å². The van der Waals surface area contributed by atoms with Crippen LogP contribution < -0.4 is 0 Å². The van der Waals surface area contributed by atoms with Crippen LogP contribution in [0, 0.1) is 0 Å². The van der Waals surface area contributed by atoms with Crippen molar-refractivity contribution in [2.24, 2.45) is 0 Å². The minimum Gasteiger partial charge on any atom is -0.481 e. The number of aliphatic hydroxyl groups is 1. The number of ether oxygens (including phenoxy) is 1. The third-order valence-electron chi connectivity index (χ3n) is 0.771. The molecule has 0 aliphatic heterocycles. The number of carboxylic acids is 1. The molecule has 2 N–H and O–H groups in total. The monoisotopic (exact) mass is 134 g/mol. The van der Waals surface area contributed by atoms with Crippen LogP contribution in [0.4, 0.5) is 0 Å². The van der Waals surface area contributed by atoms with Crippen LogP contribution in [-0.2, 0) is 9.53 Å². The van der Waals surface area contributed by atoms with Gasteiger partial charge < -0.3 is 14.9 Å². The molecule has 9 heavy (non-hydrogen) atoms. The average molecular weight is 134 g/mol. The van der Waals surface area contributed by atoms with Crippen molar-refractivity contribution in [3.8, 4) is 0 Å². The fourth-order valence-corrected chi connectivity index (χ4v) is 0.390. The van der Waals surface area contributed by atoms with Gasteiger partial charge in [0.2, 0.25) is 0 Å². The van der Waals surface area contributed by atoms with Gasteiger partial charge >= 0.3 is 5.97 Å². The van der Waals surface area contributed by atoms with Crippen LogP contribution >= 0.6 is 0 Å². The Morgan fingerprint density at radius 3 is 2.67 bits per heavy atom. The van der Waals surface area contributed by atoms with Gasteiger partial charge in [0.1, 0.15) is 6.79 Å². The molecule has 54 valence electrons. The molecule has 0 aromatic rings. The summed E-state index contributed by atoms with van der Waals surface area (Å²) >= 11 is 0. The average Bonchev–Trinajstić information content (AvgIpc) is 1.80. The third-order valence-corrected chi connectivity index (χ3v) is 0.771. The molecule has 0 radical (unpaired) electrons. The first-order valence-electron chi connectivity index (χ1n) is 2.67. The molecule has 0 aliphatic carbocycles. The van der Waals surface area contributed by atoms with E-state index in [0.29, 0.717) is 13.0 Å². The lowest BCUT2D eigenvalue weighted by molar-refractivity contribution is -0.137. The molecular formula is C5H10O4. The number of hydrogen-bond donors (Lipinski definition) is 2. The van der Waals surface area contributed by atoms with Crippen LogP contribution in [-0.4, -0.2) is 29.6 Å². The Kier molecular flexibility index (Phi) is 5.15. The molecule has 0 aromatic heterocycles. The first kappa shape index (κ1) is 8.39. The van der Waals surface area contributed by atoms with Crippen LogP contribution in [0.15, 0.2) is 0 Å². The zero-order chi connectivity index (χ0) is 7.11. The van der Waals surface area contributed by atoms with Gasteiger partial charge in [0.15, 0.2) is 0 Å². The van der Waals surface area contributed by atoms with Crippen LogP contribution in [0.3, 0.4) is 0 Å². The number of rotatable bonds is 5. The molecule has 4 nitrogen and oxygen atoms in total. The van der Waals surface area contributed by atoms with E-state index in [1.165, 1.54) is 0 Å². The molecule has 0 heterocycles. The lowest BCUT2D eigenvalue weighted by Gasteiger charge is -1.95. The Bertz CT molecular complexity index is 81.0. The van der Waals surface area contributed by atoms with Gasteiger partial charge in [-0.05, 0) is 6.42 Å². The Morgan fingerprint density at radius 1 is 1.56 bits per heavy atom. The van der Waals surface area contributed by atoms with Crippen molar-refractivity contribution in [1.82, 2.24) is 0 Å². The van der Waals surface area contributed by atoms with Gasteiger partial charge in [-0.3, -0.25) is 4.79 Å². The Labute approximate surface area is 53.1 Å². The van der Waals surface area contributed by atoms with Gasteiger partial charge in [-0.25, -0.2) is 0 Å². The Morgan fingerprint density at radius 2 is 2.22 bits per heavy atom. The van der Waals surface area contributed by atoms with E-state index in [4.69, 9.17) is 10.2 Å². The molecule has 0 amide bonds. The second kappa shape index (κ2) is 5.53. The summed E-state index contributed by atoms with van der Waals surface area (Å²) < 4.78 is 4.48. The SMILES string of the molecule is O=C(O)CCCOCO. The Hall–Kier alpha value is -0.610. The number of carboxylic acid groups (broad SMARTS) is 1. The largest absolute Gasteiger partial charge is 0.481 e. The van der Waals surface area contributed by atoms with Crippen LogP contribution in [0.1, 0.15) is 12.8 Å². The molecular weight excluding hydrogens is 124 g/mol. The predicted octanol–water partition coefficient (Wildman–Crippen LogP) is -0.182. The van der Waals surface area contributed by atoms with Crippen molar-refractivity contribution in [2.75, 3.05) is 13.4 Å². The number of aliphatic hydroxyl groups excluding tert-OH is 1. The normalized spacial score (nSPS) is 9.44. The maximum Gasteiger partial charge on any atom is 0.303 e. The van der Waals surface area contributed by atoms with Crippen LogP contribution in [0.5, 0.6) is 0 Å². The summed E-state index contributed by atoms with van der Waals surface area (Å²) in [6, 6.07) is 0. The van der Waals surface area contributed by atoms with E-state index >= 15 is 0 Å². The zero-order valence-corrected chi connectivity index (χ0v) is 5.04. The predicted molar refractivity (Wildman–Crippen MR) is 29.9 cm³/mol. The zero-order valence-electron chi connectivity index (χ0n) is 5.04. The number of hydrogen-bond acceptors (Lipinski definition) is 3. The molecule has 0 aromatic carbocycles. The lowest BCUT2D eigenvalue weighted by Crippen LogP contribution is -2.00. The highest BCUT2D eigenvalue weighted by molar-refractivity contribution is 5.66. The summed E-state index contributed by atoms with van der Waals surface area (Å²) in [5.41, 5.74) is 0. The molecule has 0 unspecified atom stereocenters. The minimum absolute atomic E-state index is 0.0972. The first-order valence-corrected chi connectivity index (χ1v) is 2.67. The third kappa shape index (κ3) is 7.39. The Balaban J connectivity index is 2.83. The van der Waals surface area contributed by atoms with E-state index in [0.717, 1.165) is 0 Å². The van der Waals surface area contributed by atoms with Crippen molar-refractivity contribution in [3.63, 3.8) is 0 Å². The van der Waals surface area contributed by atoms with Crippen molar-refractivity contribution >= 4 is 5.97 Å². The quantitative estimate of drug-likeness (QED) is 0.404. The number of carbonyl (C=O) groups is 1. The topological polar surface area (TPSA) is 66.8 Å². The molecule has 0 bridgehead atoms. The van der Waals surface area contributed by atoms with Crippen molar-refractivity contribution in [2.45, 2.75) is 12.8 Å². The fourth-order valence-electron chi connectivity index (χ4n) is 0.390. The lowest BCUT2D eigenvalue weighted by atomic mass is 10.3. The van der Waals surface area contributed by atoms with Crippen LogP contribution in [0.2, 0.25) is 0 Å². The molecule has 4 heteroatoms. The van der Waals surface area contributed by atoms with E-state index in [1.807, 2.05) is 0 Å². The highest BCUT2D eigenvalue weighted by Gasteiger charge is 1.94. The van der Waals surface area contributed by atoms with Gasteiger partial charge in [0.05, 0.1) is 0 Å². The second-order valence-electron chi connectivity index (χ2n) is 1.53. The molecule has 0 aliphatic rings. The van der Waals surface area contributed by atoms with Gasteiger partial charge in [0.25, 0.3) is 0 Å². The standard InChI is InChI=1S/C5H10O4/c6-4-9-3-1-2-5(7)8/h6H,1-4H2,(H,7,8). The van der Waals surface area contributed by atoms with Gasteiger partial charge in [-0.15, -0.1) is 0 Å². The molecule has 0 atom stereocenters. The van der Waals surface area contributed by atoms with E-state index in [1.54, 1.807) is 0 Å². The fraction of sp³-hybridized carbons (Fsp3) is 0.800. The van der Waals surface area contributed by atoms with Gasteiger partial charge in [-0.1, -0.05) is 0 Å². The van der Waals surface area contributed by atoms with Crippen molar-refractivity contribution in [1.29, 1.82) is 0 Å². The molecule has 0 spiro atoms. The van der Waals surface area contributed by atoms with E-state index in [-0.39, 0.29) is 13.2 Å². The summed E-state index contributed by atoms with van der Waals surface area (Å²) in [6.45, 7) is -0.0254. The van der Waals surface area contributed by atoms with Gasteiger partial charge in [0, 0.05) is 13.0 Å². The highest BCUT2D eigenvalue weighted by Crippen LogP contribution is 1.88. The van der Waals surface area contributed by atoms with Crippen molar-refractivity contribution in [3.05, 3.63) is 0 Å². The molecule has 0 saturated heterocycles. The highest BCUT2D eigenvalue weighted by atomic mass is 16.6. The summed E-state index contributed by atoms with van der Waals surface area (Å²) in [5.74, 6) is -0.837. The molecule has 0 rings (SSSR count). The van der Waals surface area contributed by atoms with Crippen molar-refractivity contribution < 1.29 is 19.7 Å². The first-order chi connectivity index (χ1) is 4.27. The summed E-state index contributed by atoms with van der Waals surface area (Å²) in [4.78, 5) is 9.84. The molecule has 0 fully saturated rings. The maximum atomic E-state index is 9.84. The molecule has 0 saturated carbocycles. The summed E-state index contributed by atoms with van der Waals surface area (Å²) in [5, 5.41) is 16.2. The van der Waals surface area contributed by atoms with E-state index in [9.17, 15) is 4.79 Å². The van der Waals surface area contributed by atoms with Gasteiger partial charge in [-0.2, -0.15) is 0 Å². The summed E-state index contributed by atoms with van der Waals surface area (Å²) in [6.07, 6.45) is 0.551.